The van der Waals surface area contributed by atoms with Gasteiger partial charge in [0.05, 0.1) is 0 Å². The fraction of sp³-hybridized carbons (Fsp3) is 1.00. The third-order valence-electron chi connectivity index (χ3n) is 3.68. The molecule has 0 spiro atoms. The largest absolute Gasteiger partial charge is 0.312 e. The van der Waals surface area contributed by atoms with E-state index in [0.29, 0.717) is 0 Å². The van der Waals surface area contributed by atoms with Crippen LogP contribution in [0.4, 0.5) is 0 Å². The highest BCUT2D eigenvalue weighted by molar-refractivity contribution is 4.88. The first-order valence-electron chi connectivity index (χ1n) is 6.62. The van der Waals surface area contributed by atoms with Crippen LogP contribution in [0.5, 0.6) is 0 Å². The molecule has 0 aromatic carbocycles. The summed E-state index contributed by atoms with van der Waals surface area (Å²) in [6, 6.07) is 1.46. The molecule has 0 bridgehead atoms. The van der Waals surface area contributed by atoms with Gasteiger partial charge < -0.3 is 10.2 Å². The molecule has 0 aromatic rings. The second-order valence-corrected chi connectivity index (χ2v) is 5.09. The molecule has 0 radical (unpaired) electrons. The number of rotatable bonds is 8. The van der Waals surface area contributed by atoms with E-state index >= 15 is 0 Å². The third kappa shape index (κ3) is 4.52. The zero-order valence-electron chi connectivity index (χ0n) is 10.9. The molecule has 0 aliphatic heterocycles. The second kappa shape index (κ2) is 6.49. The van der Waals surface area contributed by atoms with E-state index in [-0.39, 0.29) is 0 Å². The van der Waals surface area contributed by atoms with E-state index < -0.39 is 0 Å². The van der Waals surface area contributed by atoms with Crippen molar-refractivity contribution in [1.29, 1.82) is 0 Å². The zero-order chi connectivity index (χ0) is 11.3. The van der Waals surface area contributed by atoms with Crippen LogP contribution in [0.1, 0.15) is 46.5 Å². The predicted molar refractivity (Wildman–Crippen MR) is 67.2 cm³/mol. The number of hydrogen-bond acceptors (Lipinski definition) is 2. The quantitative estimate of drug-likeness (QED) is 0.665. The first-order valence-corrected chi connectivity index (χ1v) is 6.62. The van der Waals surface area contributed by atoms with E-state index in [0.717, 1.165) is 18.0 Å². The van der Waals surface area contributed by atoms with Crippen molar-refractivity contribution in [1.82, 2.24) is 10.2 Å². The fourth-order valence-corrected chi connectivity index (χ4v) is 2.01. The van der Waals surface area contributed by atoms with Crippen molar-refractivity contribution in [3.05, 3.63) is 0 Å². The standard InChI is InChI=1S/C13H28N2/c1-5-9-14-13(12-7-8-12)10-15(4)11(3)6-2/h11-14H,5-10H2,1-4H3. The Morgan fingerprint density at radius 2 is 2.00 bits per heavy atom. The first kappa shape index (κ1) is 13.0. The SMILES string of the molecule is CCCNC(CN(C)C(C)CC)C1CC1. The summed E-state index contributed by atoms with van der Waals surface area (Å²) in [6.45, 7) is 9.24. The van der Waals surface area contributed by atoms with Crippen LogP contribution in [0.3, 0.4) is 0 Å². The highest BCUT2D eigenvalue weighted by Gasteiger charge is 2.31. The van der Waals surface area contributed by atoms with E-state index in [1.807, 2.05) is 0 Å². The molecule has 0 heterocycles. The van der Waals surface area contributed by atoms with Crippen molar-refractivity contribution < 1.29 is 0 Å². The molecule has 1 saturated carbocycles. The van der Waals surface area contributed by atoms with Crippen molar-refractivity contribution in [2.24, 2.45) is 5.92 Å². The van der Waals surface area contributed by atoms with E-state index in [9.17, 15) is 0 Å². The van der Waals surface area contributed by atoms with Crippen LogP contribution in [0.25, 0.3) is 0 Å². The smallest absolute Gasteiger partial charge is 0.0223 e. The van der Waals surface area contributed by atoms with Gasteiger partial charge in [-0.05, 0) is 52.1 Å². The Hall–Kier alpha value is -0.0800. The first-order chi connectivity index (χ1) is 7.19. The average molecular weight is 212 g/mol. The molecule has 2 atom stereocenters. The molecule has 1 N–H and O–H groups in total. The highest BCUT2D eigenvalue weighted by atomic mass is 15.2. The number of likely N-dealkylation sites (N-methyl/N-ethyl adjacent to an activating group) is 1. The molecule has 15 heavy (non-hydrogen) atoms. The van der Waals surface area contributed by atoms with Gasteiger partial charge in [0.15, 0.2) is 0 Å². The molecular weight excluding hydrogens is 184 g/mol. The average Bonchev–Trinajstić information content (AvgIpc) is 3.06. The maximum atomic E-state index is 3.70. The van der Waals surface area contributed by atoms with Gasteiger partial charge in [-0.3, -0.25) is 0 Å². The van der Waals surface area contributed by atoms with Gasteiger partial charge in [-0.1, -0.05) is 13.8 Å². The van der Waals surface area contributed by atoms with E-state index in [2.05, 4.69) is 38.0 Å². The van der Waals surface area contributed by atoms with Gasteiger partial charge in [-0.15, -0.1) is 0 Å². The monoisotopic (exact) mass is 212 g/mol. The van der Waals surface area contributed by atoms with Crippen LogP contribution in [-0.4, -0.2) is 37.1 Å². The molecule has 1 fully saturated rings. The minimum Gasteiger partial charge on any atom is -0.312 e. The predicted octanol–water partition coefficient (Wildman–Crippen LogP) is 2.49. The van der Waals surface area contributed by atoms with Gasteiger partial charge in [-0.25, -0.2) is 0 Å². The summed E-state index contributed by atoms with van der Waals surface area (Å²) in [5.41, 5.74) is 0. The summed E-state index contributed by atoms with van der Waals surface area (Å²) in [4.78, 5) is 2.51. The molecular formula is C13H28N2. The molecule has 0 aromatic heterocycles. The number of nitrogens with one attached hydrogen (secondary N) is 1. The van der Waals surface area contributed by atoms with Crippen molar-refractivity contribution >= 4 is 0 Å². The van der Waals surface area contributed by atoms with Gasteiger partial charge in [0, 0.05) is 18.6 Å². The van der Waals surface area contributed by atoms with Gasteiger partial charge in [-0.2, -0.15) is 0 Å². The zero-order valence-corrected chi connectivity index (χ0v) is 10.9. The molecule has 2 unspecified atom stereocenters. The lowest BCUT2D eigenvalue weighted by Gasteiger charge is -2.29. The second-order valence-electron chi connectivity index (χ2n) is 5.09. The molecule has 0 saturated heterocycles. The summed E-state index contributed by atoms with van der Waals surface area (Å²) in [7, 11) is 2.26. The summed E-state index contributed by atoms with van der Waals surface area (Å²) in [5.74, 6) is 0.961. The van der Waals surface area contributed by atoms with Crippen molar-refractivity contribution in [3.8, 4) is 0 Å². The van der Waals surface area contributed by atoms with Gasteiger partial charge in [0.25, 0.3) is 0 Å². The minimum atomic E-state index is 0.717. The van der Waals surface area contributed by atoms with Crippen LogP contribution in [0, 0.1) is 5.92 Å². The topological polar surface area (TPSA) is 15.3 Å². The third-order valence-corrected chi connectivity index (χ3v) is 3.68. The molecule has 1 rings (SSSR count). The normalized spacial score (nSPS) is 20.6. The van der Waals surface area contributed by atoms with E-state index in [1.54, 1.807) is 0 Å². The van der Waals surface area contributed by atoms with Gasteiger partial charge >= 0.3 is 0 Å². The number of hydrogen-bond donors (Lipinski definition) is 1. The molecule has 1 aliphatic rings. The molecule has 2 nitrogen and oxygen atoms in total. The Morgan fingerprint density at radius 1 is 1.33 bits per heavy atom. The lowest BCUT2D eigenvalue weighted by molar-refractivity contribution is 0.214. The Morgan fingerprint density at radius 3 is 2.47 bits per heavy atom. The van der Waals surface area contributed by atoms with Crippen molar-refractivity contribution in [2.45, 2.75) is 58.5 Å². The van der Waals surface area contributed by atoms with Crippen LogP contribution >= 0.6 is 0 Å². The van der Waals surface area contributed by atoms with E-state index in [1.165, 1.54) is 38.8 Å². The lowest BCUT2D eigenvalue weighted by atomic mass is 10.1. The fourth-order valence-electron chi connectivity index (χ4n) is 2.01. The molecule has 1 aliphatic carbocycles. The van der Waals surface area contributed by atoms with Crippen LogP contribution in [0.2, 0.25) is 0 Å². The Labute approximate surface area is 95.4 Å². The summed E-state index contributed by atoms with van der Waals surface area (Å²) in [6.07, 6.45) is 5.38. The van der Waals surface area contributed by atoms with Crippen LogP contribution in [0.15, 0.2) is 0 Å². The Bertz CT molecular complexity index is 166. The maximum absolute atomic E-state index is 3.70. The van der Waals surface area contributed by atoms with Gasteiger partial charge in [0.2, 0.25) is 0 Å². The minimum absolute atomic E-state index is 0.717. The highest BCUT2D eigenvalue weighted by Crippen LogP contribution is 2.33. The Balaban J connectivity index is 2.29. The summed E-state index contributed by atoms with van der Waals surface area (Å²) >= 11 is 0. The van der Waals surface area contributed by atoms with Crippen LogP contribution in [-0.2, 0) is 0 Å². The van der Waals surface area contributed by atoms with Gasteiger partial charge in [0.1, 0.15) is 0 Å². The molecule has 90 valence electrons. The van der Waals surface area contributed by atoms with Crippen molar-refractivity contribution in [2.75, 3.05) is 20.1 Å². The lowest BCUT2D eigenvalue weighted by Crippen LogP contribution is -2.44. The van der Waals surface area contributed by atoms with Crippen molar-refractivity contribution in [3.63, 3.8) is 0 Å². The summed E-state index contributed by atoms with van der Waals surface area (Å²) < 4.78 is 0. The molecule has 0 amide bonds. The molecule has 2 heteroatoms. The Kier molecular flexibility index (Phi) is 5.62. The van der Waals surface area contributed by atoms with E-state index in [4.69, 9.17) is 0 Å². The van der Waals surface area contributed by atoms with Crippen LogP contribution < -0.4 is 5.32 Å². The number of nitrogens with zero attached hydrogens (tertiary/aromatic N) is 1. The summed E-state index contributed by atoms with van der Waals surface area (Å²) in [5, 5.41) is 3.70. The maximum Gasteiger partial charge on any atom is 0.0223 e.